The fourth-order valence-electron chi connectivity index (χ4n) is 1.50. The Balaban J connectivity index is 2.40. The van der Waals surface area contributed by atoms with Gasteiger partial charge >= 0.3 is 0 Å². The zero-order valence-corrected chi connectivity index (χ0v) is 12.0. The van der Waals surface area contributed by atoms with Crippen molar-refractivity contribution in [2.45, 2.75) is 33.4 Å². The number of nitrogens with one attached hydrogen (secondary N) is 1. The molecule has 0 radical (unpaired) electrons. The fourth-order valence-corrected chi connectivity index (χ4v) is 2.51. The summed E-state index contributed by atoms with van der Waals surface area (Å²) in [6, 6.07) is 0. The number of rotatable bonds is 8. The van der Waals surface area contributed by atoms with Gasteiger partial charge in [0.2, 0.25) is 0 Å². The van der Waals surface area contributed by atoms with Crippen LogP contribution >= 0.6 is 11.3 Å². The predicted octanol–water partition coefficient (Wildman–Crippen LogP) is 2.11. The highest BCUT2D eigenvalue weighted by Crippen LogP contribution is 2.21. The van der Waals surface area contributed by atoms with Gasteiger partial charge in [-0.2, -0.15) is 0 Å². The second-order valence-electron chi connectivity index (χ2n) is 3.96. The Hall–Kier alpha value is -0.650. The van der Waals surface area contributed by atoms with Crippen molar-refractivity contribution >= 4 is 16.5 Å². The Morgan fingerprint density at radius 1 is 1.47 bits per heavy atom. The van der Waals surface area contributed by atoms with Gasteiger partial charge in [0.1, 0.15) is 0 Å². The van der Waals surface area contributed by atoms with E-state index in [0.29, 0.717) is 0 Å². The molecule has 0 spiro atoms. The van der Waals surface area contributed by atoms with Crippen molar-refractivity contribution in [2.24, 2.45) is 0 Å². The first-order chi connectivity index (χ1) is 8.21. The number of aromatic nitrogens is 1. The number of hydrogen-bond donors (Lipinski definition) is 1. The molecule has 1 N–H and O–H groups in total. The second-order valence-corrected chi connectivity index (χ2v) is 5.05. The minimum absolute atomic E-state index is 0.255. The van der Waals surface area contributed by atoms with E-state index in [9.17, 15) is 0 Å². The van der Waals surface area contributed by atoms with Crippen molar-refractivity contribution < 1.29 is 4.74 Å². The van der Waals surface area contributed by atoms with Gasteiger partial charge < -0.3 is 15.0 Å². The molecule has 0 aliphatic heterocycles. The first-order valence-corrected chi connectivity index (χ1v) is 6.96. The van der Waals surface area contributed by atoms with Gasteiger partial charge in [0, 0.05) is 44.4 Å². The third kappa shape index (κ3) is 4.61. The highest BCUT2D eigenvalue weighted by molar-refractivity contribution is 7.15. The van der Waals surface area contributed by atoms with E-state index < -0.39 is 0 Å². The smallest absolute Gasteiger partial charge is 0.185 e. The molecule has 0 aliphatic carbocycles. The van der Waals surface area contributed by atoms with E-state index in [1.807, 2.05) is 6.20 Å². The van der Waals surface area contributed by atoms with Gasteiger partial charge in [-0.15, -0.1) is 11.3 Å². The van der Waals surface area contributed by atoms with Gasteiger partial charge in [0.15, 0.2) is 5.13 Å². The van der Waals surface area contributed by atoms with Crippen LogP contribution in [0.1, 0.15) is 25.6 Å². The Bertz CT molecular complexity index is 312. The van der Waals surface area contributed by atoms with Gasteiger partial charge in [0.25, 0.3) is 0 Å². The van der Waals surface area contributed by atoms with Crippen molar-refractivity contribution in [3.63, 3.8) is 0 Å². The number of thiazole rings is 1. The van der Waals surface area contributed by atoms with Crippen LogP contribution in [0, 0.1) is 0 Å². The first-order valence-electron chi connectivity index (χ1n) is 6.14. The van der Waals surface area contributed by atoms with E-state index in [2.05, 4.69) is 36.0 Å². The van der Waals surface area contributed by atoms with Gasteiger partial charge in [-0.25, -0.2) is 4.98 Å². The van der Waals surface area contributed by atoms with Crippen molar-refractivity contribution in [3.8, 4) is 0 Å². The zero-order chi connectivity index (χ0) is 12.7. The normalized spacial score (nSPS) is 12.7. The molecule has 98 valence electrons. The van der Waals surface area contributed by atoms with E-state index in [1.54, 1.807) is 18.4 Å². The van der Waals surface area contributed by atoms with Crippen molar-refractivity contribution in [1.82, 2.24) is 10.3 Å². The number of anilines is 1. The minimum atomic E-state index is 0.255. The van der Waals surface area contributed by atoms with Crippen LogP contribution in [0.15, 0.2) is 6.20 Å². The molecule has 1 aromatic rings. The molecule has 17 heavy (non-hydrogen) atoms. The summed E-state index contributed by atoms with van der Waals surface area (Å²) >= 11 is 1.76. The van der Waals surface area contributed by atoms with Crippen LogP contribution in [0.3, 0.4) is 0 Å². The van der Waals surface area contributed by atoms with E-state index >= 15 is 0 Å². The molecule has 1 aromatic heterocycles. The monoisotopic (exact) mass is 257 g/mol. The van der Waals surface area contributed by atoms with Crippen LogP contribution in [0.4, 0.5) is 5.13 Å². The maximum atomic E-state index is 5.18. The zero-order valence-electron chi connectivity index (χ0n) is 11.2. The molecule has 0 amide bonds. The Labute approximate surface area is 108 Å². The van der Waals surface area contributed by atoms with Crippen LogP contribution in [0.5, 0.6) is 0 Å². The third-order valence-electron chi connectivity index (χ3n) is 2.71. The Kier molecular flexibility index (Phi) is 6.47. The molecule has 1 heterocycles. The fraction of sp³-hybridized carbons (Fsp3) is 0.750. The molecule has 0 fully saturated rings. The highest BCUT2D eigenvalue weighted by atomic mass is 32.1. The molecule has 1 atom stereocenters. The molecule has 5 heteroatoms. The molecule has 0 saturated heterocycles. The summed E-state index contributed by atoms with van der Waals surface area (Å²) in [5.41, 5.74) is 0. The number of nitrogens with zero attached hydrogens (tertiary/aromatic N) is 2. The van der Waals surface area contributed by atoms with E-state index in [1.165, 1.54) is 4.88 Å². The van der Waals surface area contributed by atoms with Crippen LogP contribution in [-0.4, -0.2) is 37.8 Å². The average Bonchev–Trinajstić information content (AvgIpc) is 2.79. The SMILES string of the molecule is CCN(CC)c1ncc(CNCC(C)OC)s1. The van der Waals surface area contributed by atoms with Gasteiger partial charge in [0.05, 0.1) is 6.10 Å². The quantitative estimate of drug-likeness (QED) is 0.774. The largest absolute Gasteiger partial charge is 0.380 e. The number of hydrogen-bond acceptors (Lipinski definition) is 5. The van der Waals surface area contributed by atoms with E-state index in [4.69, 9.17) is 4.74 Å². The standard InChI is InChI=1S/C12H23N3OS/c1-5-15(6-2)12-14-9-11(17-12)8-13-7-10(3)16-4/h9-10,13H,5-8H2,1-4H3. The maximum Gasteiger partial charge on any atom is 0.185 e. The molecule has 0 saturated carbocycles. The van der Waals surface area contributed by atoms with Crippen LogP contribution in [0.25, 0.3) is 0 Å². The topological polar surface area (TPSA) is 37.4 Å². The lowest BCUT2D eigenvalue weighted by Crippen LogP contribution is -2.25. The first kappa shape index (κ1) is 14.4. The van der Waals surface area contributed by atoms with Crippen molar-refractivity contribution in [3.05, 3.63) is 11.1 Å². The lowest BCUT2D eigenvalue weighted by Gasteiger charge is -2.16. The molecule has 4 nitrogen and oxygen atoms in total. The summed E-state index contributed by atoms with van der Waals surface area (Å²) in [7, 11) is 1.73. The molecule has 0 aliphatic rings. The highest BCUT2D eigenvalue weighted by Gasteiger charge is 2.07. The summed E-state index contributed by atoms with van der Waals surface area (Å²) < 4.78 is 5.18. The maximum absolute atomic E-state index is 5.18. The summed E-state index contributed by atoms with van der Waals surface area (Å²) in [5, 5.41) is 4.48. The van der Waals surface area contributed by atoms with E-state index in [-0.39, 0.29) is 6.10 Å². The molecule has 0 bridgehead atoms. The van der Waals surface area contributed by atoms with Crippen molar-refractivity contribution in [1.29, 1.82) is 0 Å². The summed E-state index contributed by atoms with van der Waals surface area (Å²) in [6.45, 7) is 10.1. The van der Waals surface area contributed by atoms with Gasteiger partial charge in [-0.3, -0.25) is 0 Å². The number of ether oxygens (including phenoxy) is 1. The minimum Gasteiger partial charge on any atom is -0.380 e. The number of methoxy groups -OCH3 is 1. The molecule has 0 aromatic carbocycles. The molecular weight excluding hydrogens is 234 g/mol. The summed E-state index contributed by atoms with van der Waals surface area (Å²) in [5.74, 6) is 0. The van der Waals surface area contributed by atoms with Gasteiger partial charge in [-0.05, 0) is 20.8 Å². The Morgan fingerprint density at radius 3 is 2.76 bits per heavy atom. The lowest BCUT2D eigenvalue weighted by atomic mass is 10.4. The van der Waals surface area contributed by atoms with Gasteiger partial charge in [-0.1, -0.05) is 0 Å². The lowest BCUT2D eigenvalue weighted by molar-refractivity contribution is 0.117. The summed E-state index contributed by atoms with van der Waals surface area (Å²) in [6.07, 6.45) is 2.22. The molecular formula is C12H23N3OS. The third-order valence-corrected chi connectivity index (χ3v) is 3.77. The molecule has 1 rings (SSSR count). The predicted molar refractivity (Wildman–Crippen MR) is 73.9 cm³/mol. The van der Waals surface area contributed by atoms with E-state index in [0.717, 1.165) is 31.3 Å². The van der Waals surface area contributed by atoms with Crippen molar-refractivity contribution in [2.75, 3.05) is 31.6 Å². The molecule has 1 unspecified atom stereocenters. The van der Waals surface area contributed by atoms with Crippen LogP contribution < -0.4 is 10.2 Å². The van der Waals surface area contributed by atoms with Crippen LogP contribution in [0.2, 0.25) is 0 Å². The Morgan fingerprint density at radius 2 is 2.18 bits per heavy atom. The van der Waals surface area contributed by atoms with Crippen LogP contribution in [-0.2, 0) is 11.3 Å². The summed E-state index contributed by atoms with van der Waals surface area (Å²) in [4.78, 5) is 7.99. The second kappa shape index (κ2) is 7.63. The average molecular weight is 257 g/mol.